The number of nitrogens with two attached hydrogens (primary N) is 1. The summed E-state index contributed by atoms with van der Waals surface area (Å²) in [5.74, 6) is 0.913. The minimum atomic E-state index is 0.438. The van der Waals surface area contributed by atoms with Crippen LogP contribution in [0.1, 0.15) is 10.4 Å². The van der Waals surface area contributed by atoms with Crippen molar-refractivity contribution in [1.29, 1.82) is 0 Å². The van der Waals surface area contributed by atoms with Gasteiger partial charge in [0.1, 0.15) is 5.82 Å². The number of thiophene rings is 1. The van der Waals surface area contributed by atoms with E-state index in [4.69, 9.17) is 17.3 Å². The molecule has 0 saturated heterocycles. The molecule has 2 N–H and O–H groups in total. The fraction of sp³-hybridized carbons (Fsp3) is 0.308. The van der Waals surface area contributed by atoms with E-state index in [0.29, 0.717) is 11.6 Å². The minimum absolute atomic E-state index is 0.438. The van der Waals surface area contributed by atoms with Crippen molar-refractivity contribution in [2.24, 2.45) is 5.73 Å². The molecule has 5 heteroatoms. The van der Waals surface area contributed by atoms with Crippen LogP contribution in [0.15, 0.2) is 29.8 Å². The van der Waals surface area contributed by atoms with Crippen LogP contribution in [0.5, 0.6) is 0 Å². The highest BCUT2D eigenvalue weighted by atomic mass is 35.5. The lowest BCUT2D eigenvalue weighted by Gasteiger charge is -2.18. The van der Waals surface area contributed by atoms with Crippen molar-refractivity contribution in [2.75, 3.05) is 18.5 Å². The predicted molar refractivity (Wildman–Crippen MR) is 78.4 cm³/mol. The molecular weight excluding hydrogens is 266 g/mol. The Kier molecular flexibility index (Phi) is 4.58. The van der Waals surface area contributed by atoms with Crippen molar-refractivity contribution in [1.82, 2.24) is 4.98 Å². The number of pyridine rings is 1. The third kappa shape index (κ3) is 3.22. The molecule has 18 heavy (non-hydrogen) atoms. The molecule has 0 saturated carbocycles. The van der Waals surface area contributed by atoms with Gasteiger partial charge in [0.25, 0.3) is 0 Å². The predicted octanol–water partition coefficient (Wildman–Crippen LogP) is 2.93. The van der Waals surface area contributed by atoms with Gasteiger partial charge in [0.15, 0.2) is 0 Å². The molecule has 0 aliphatic carbocycles. The fourth-order valence-corrected chi connectivity index (χ4v) is 2.56. The van der Waals surface area contributed by atoms with Crippen LogP contribution in [0.3, 0.4) is 0 Å². The van der Waals surface area contributed by atoms with Gasteiger partial charge >= 0.3 is 0 Å². The molecule has 0 radical (unpaired) electrons. The molecule has 0 bridgehead atoms. The Balaban J connectivity index is 2.02. The number of anilines is 1. The van der Waals surface area contributed by atoms with Gasteiger partial charge in [-0.3, -0.25) is 0 Å². The summed E-state index contributed by atoms with van der Waals surface area (Å²) in [6.45, 7) is 1.37. The Morgan fingerprint density at radius 3 is 3.00 bits per heavy atom. The standard InChI is InChI=1S/C13H16ClN3S/c1-17(5-4-11-3-2-6-18-11)13-7-10(8-15)12(14)9-16-13/h2-3,6-7,9H,4-5,8,15H2,1H3. The van der Waals surface area contributed by atoms with Crippen LogP contribution in [-0.2, 0) is 13.0 Å². The van der Waals surface area contributed by atoms with Crippen molar-refractivity contribution >= 4 is 28.8 Å². The summed E-state index contributed by atoms with van der Waals surface area (Å²) in [6, 6.07) is 6.18. The smallest absolute Gasteiger partial charge is 0.128 e. The molecule has 0 aliphatic heterocycles. The molecule has 0 spiro atoms. The lowest BCUT2D eigenvalue weighted by molar-refractivity contribution is 0.865. The normalized spacial score (nSPS) is 10.6. The van der Waals surface area contributed by atoms with Gasteiger partial charge in [0, 0.05) is 31.2 Å². The summed E-state index contributed by atoms with van der Waals surface area (Å²) in [5.41, 5.74) is 6.58. The molecule has 0 atom stereocenters. The Labute approximate surface area is 116 Å². The summed E-state index contributed by atoms with van der Waals surface area (Å²) in [4.78, 5) is 7.83. The van der Waals surface area contributed by atoms with Gasteiger partial charge in [-0.15, -0.1) is 11.3 Å². The first-order chi connectivity index (χ1) is 8.70. The van der Waals surface area contributed by atoms with Crippen LogP contribution in [0.4, 0.5) is 5.82 Å². The van der Waals surface area contributed by atoms with Gasteiger partial charge in [-0.05, 0) is 29.5 Å². The summed E-state index contributed by atoms with van der Waals surface area (Å²) in [7, 11) is 2.03. The quantitative estimate of drug-likeness (QED) is 0.916. The average molecular weight is 282 g/mol. The van der Waals surface area contributed by atoms with Gasteiger partial charge in [-0.1, -0.05) is 17.7 Å². The third-order valence-electron chi connectivity index (χ3n) is 2.80. The first-order valence-corrected chi connectivity index (χ1v) is 7.04. The van der Waals surface area contributed by atoms with Crippen molar-refractivity contribution in [3.63, 3.8) is 0 Å². The Morgan fingerprint density at radius 1 is 1.50 bits per heavy atom. The molecule has 0 fully saturated rings. The summed E-state index contributed by atoms with van der Waals surface area (Å²) >= 11 is 7.78. The molecule has 2 aromatic rings. The van der Waals surface area contributed by atoms with E-state index in [2.05, 4.69) is 27.4 Å². The molecule has 3 nitrogen and oxygen atoms in total. The zero-order valence-electron chi connectivity index (χ0n) is 10.3. The van der Waals surface area contributed by atoms with Crippen LogP contribution in [0.25, 0.3) is 0 Å². The zero-order chi connectivity index (χ0) is 13.0. The van der Waals surface area contributed by atoms with E-state index < -0.39 is 0 Å². The second-order valence-corrected chi connectivity index (χ2v) is 5.53. The molecule has 0 aromatic carbocycles. The number of rotatable bonds is 5. The van der Waals surface area contributed by atoms with Crippen molar-refractivity contribution in [2.45, 2.75) is 13.0 Å². The molecule has 0 unspecified atom stereocenters. The van der Waals surface area contributed by atoms with Crippen molar-refractivity contribution < 1.29 is 0 Å². The third-order valence-corrected chi connectivity index (χ3v) is 4.08. The Morgan fingerprint density at radius 2 is 2.33 bits per heavy atom. The number of hydrogen-bond acceptors (Lipinski definition) is 4. The fourth-order valence-electron chi connectivity index (χ4n) is 1.68. The molecule has 2 heterocycles. The summed E-state index contributed by atoms with van der Waals surface area (Å²) < 4.78 is 0. The topological polar surface area (TPSA) is 42.1 Å². The van der Waals surface area contributed by atoms with Crippen molar-refractivity contribution in [3.8, 4) is 0 Å². The van der Waals surface area contributed by atoms with E-state index in [1.807, 2.05) is 13.1 Å². The molecule has 2 rings (SSSR count). The monoisotopic (exact) mass is 281 g/mol. The van der Waals surface area contributed by atoms with Gasteiger partial charge in [-0.2, -0.15) is 0 Å². The maximum absolute atomic E-state index is 6.00. The molecule has 96 valence electrons. The maximum atomic E-state index is 6.00. The van der Waals surface area contributed by atoms with E-state index >= 15 is 0 Å². The summed E-state index contributed by atoms with van der Waals surface area (Å²) in [6.07, 6.45) is 2.69. The average Bonchev–Trinajstić information content (AvgIpc) is 2.89. The van der Waals surface area contributed by atoms with Crippen LogP contribution in [0.2, 0.25) is 5.02 Å². The van der Waals surface area contributed by atoms with Crippen molar-refractivity contribution in [3.05, 3.63) is 45.2 Å². The lowest BCUT2D eigenvalue weighted by atomic mass is 10.2. The highest BCUT2D eigenvalue weighted by Crippen LogP contribution is 2.20. The molecule has 0 amide bonds. The number of hydrogen-bond donors (Lipinski definition) is 1. The second kappa shape index (κ2) is 6.18. The SMILES string of the molecule is CN(CCc1cccs1)c1cc(CN)c(Cl)cn1. The first-order valence-electron chi connectivity index (χ1n) is 5.78. The minimum Gasteiger partial charge on any atom is -0.359 e. The first kappa shape index (κ1) is 13.3. The summed E-state index contributed by atoms with van der Waals surface area (Å²) in [5, 5.41) is 2.73. The van der Waals surface area contributed by atoms with Gasteiger partial charge in [0.2, 0.25) is 0 Å². The number of aromatic nitrogens is 1. The van der Waals surface area contributed by atoms with E-state index in [9.17, 15) is 0 Å². The Hall–Kier alpha value is -1.10. The maximum Gasteiger partial charge on any atom is 0.128 e. The van der Waals surface area contributed by atoms with Crippen LogP contribution < -0.4 is 10.6 Å². The second-order valence-electron chi connectivity index (χ2n) is 4.09. The highest BCUT2D eigenvalue weighted by Gasteiger charge is 2.06. The molecular formula is C13H16ClN3S. The van der Waals surface area contributed by atoms with E-state index in [1.165, 1.54) is 4.88 Å². The molecule has 2 aromatic heterocycles. The lowest BCUT2D eigenvalue weighted by Crippen LogP contribution is -2.21. The van der Waals surface area contributed by atoms with Crippen LogP contribution in [0, 0.1) is 0 Å². The van der Waals surface area contributed by atoms with E-state index in [1.54, 1.807) is 17.5 Å². The highest BCUT2D eigenvalue weighted by molar-refractivity contribution is 7.09. The number of nitrogens with zero attached hydrogens (tertiary/aromatic N) is 2. The zero-order valence-corrected chi connectivity index (χ0v) is 11.8. The van der Waals surface area contributed by atoms with Gasteiger partial charge < -0.3 is 10.6 Å². The largest absolute Gasteiger partial charge is 0.359 e. The van der Waals surface area contributed by atoms with Gasteiger partial charge in [-0.25, -0.2) is 4.98 Å². The molecule has 0 aliphatic rings. The van der Waals surface area contributed by atoms with Crippen LogP contribution >= 0.6 is 22.9 Å². The van der Waals surface area contributed by atoms with E-state index in [0.717, 1.165) is 24.3 Å². The number of halogens is 1. The van der Waals surface area contributed by atoms with Crippen LogP contribution in [-0.4, -0.2) is 18.6 Å². The Bertz CT molecular complexity index is 499. The van der Waals surface area contributed by atoms with Gasteiger partial charge in [0.05, 0.1) is 5.02 Å². The van der Waals surface area contributed by atoms with E-state index in [-0.39, 0.29) is 0 Å². The number of likely N-dealkylation sites (N-methyl/N-ethyl adjacent to an activating group) is 1.